The van der Waals surface area contributed by atoms with Crippen LogP contribution in [0, 0.1) is 0 Å². The van der Waals surface area contributed by atoms with Gasteiger partial charge in [0.05, 0.1) is 25.0 Å². The van der Waals surface area contributed by atoms with Crippen LogP contribution in [0.25, 0.3) is 0 Å². The maximum Gasteiger partial charge on any atom is 0.294 e. The number of thiazole rings is 1. The zero-order valence-corrected chi connectivity index (χ0v) is 12.1. The second-order valence-corrected chi connectivity index (χ2v) is 5.55. The minimum absolute atomic E-state index is 0.0744. The van der Waals surface area contributed by atoms with Crippen LogP contribution in [0.4, 0.5) is 0 Å². The topological polar surface area (TPSA) is 101 Å². The number of rotatable bonds is 6. The summed E-state index contributed by atoms with van der Waals surface area (Å²) in [6.45, 7) is 3.10. The van der Waals surface area contributed by atoms with Gasteiger partial charge in [-0.15, -0.1) is 11.3 Å². The number of aliphatic hydroxyl groups excluding tert-OH is 1. The Morgan fingerprint density at radius 3 is 3.00 bits per heavy atom. The van der Waals surface area contributed by atoms with E-state index in [1.807, 2.05) is 5.38 Å². The molecule has 0 atom stereocenters. The van der Waals surface area contributed by atoms with Crippen molar-refractivity contribution >= 4 is 17.2 Å². The molecule has 0 bridgehead atoms. The van der Waals surface area contributed by atoms with E-state index in [4.69, 9.17) is 15.7 Å². The molecule has 4 N–H and O–H groups in total. The molecule has 1 amide bonds. The van der Waals surface area contributed by atoms with E-state index in [0.29, 0.717) is 11.6 Å². The summed E-state index contributed by atoms with van der Waals surface area (Å²) < 4.78 is 5.52. The standard InChI is InChI=1S/C12H20N4O3S/c13-15-11(18)12-14-9(8-20-12)7-16-3-1-10(2-4-16)19-6-5-17/h8,10,17H,1-7,13H2,(H,15,18). The molecule has 2 heterocycles. The van der Waals surface area contributed by atoms with Crippen LogP contribution in [0.5, 0.6) is 0 Å². The number of nitrogens with one attached hydrogen (secondary N) is 1. The van der Waals surface area contributed by atoms with Gasteiger partial charge in [-0.1, -0.05) is 0 Å². The summed E-state index contributed by atoms with van der Waals surface area (Å²) in [4.78, 5) is 17.9. The minimum atomic E-state index is -0.350. The molecule has 112 valence electrons. The Labute approximate surface area is 121 Å². The SMILES string of the molecule is NNC(=O)c1nc(CN2CCC(OCCO)CC2)cs1. The molecular formula is C12H20N4O3S. The molecule has 0 aromatic carbocycles. The predicted octanol–water partition coefficient (Wildman–Crippen LogP) is -0.280. The van der Waals surface area contributed by atoms with Gasteiger partial charge in [0.2, 0.25) is 0 Å². The van der Waals surface area contributed by atoms with Crippen molar-refractivity contribution < 1.29 is 14.6 Å². The van der Waals surface area contributed by atoms with Crippen molar-refractivity contribution in [3.05, 3.63) is 16.1 Å². The molecule has 2 rings (SSSR count). The van der Waals surface area contributed by atoms with Gasteiger partial charge in [0.25, 0.3) is 5.91 Å². The van der Waals surface area contributed by atoms with E-state index in [-0.39, 0.29) is 18.6 Å². The average Bonchev–Trinajstić information content (AvgIpc) is 2.94. The molecule has 7 nitrogen and oxygen atoms in total. The van der Waals surface area contributed by atoms with Gasteiger partial charge in [-0.05, 0) is 12.8 Å². The molecule has 1 saturated heterocycles. The monoisotopic (exact) mass is 300 g/mol. The molecule has 20 heavy (non-hydrogen) atoms. The van der Waals surface area contributed by atoms with Crippen molar-refractivity contribution in [2.75, 3.05) is 26.3 Å². The van der Waals surface area contributed by atoms with Crippen molar-refractivity contribution in [2.45, 2.75) is 25.5 Å². The molecule has 0 unspecified atom stereocenters. The van der Waals surface area contributed by atoms with Crippen molar-refractivity contribution in [1.29, 1.82) is 0 Å². The van der Waals surface area contributed by atoms with Gasteiger partial charge >= 0.3 is 0 Å². The highest BCUT2D eigenvalue weighted by atomic mass is 32.1. The van der Waals surface area contributed by atoms with Crippen LogP contribution in [0.3, 0.4) is 0 Å². The number of carbonyl (C=O) groups excluding carboxylic acids is 1. The van der Waals surface area contributed by atoms with Crippen LogP contribution >= 0.6 is 11.3 Å². The normalized spacial score (nSPS) is 17.3. The quantitative estimate of drug-likeness (QED) is 0.379. The average molecular weight is 300 g/mol. The highest BCUT2D eigenvalue weighted by Gasteiger charge is 2.20. The van der Waals surface area contributed by atoms with Gasteiger partial charge in [-0.2, -0.15) is 0 Å². The predicted molar refractivity (Wildman–Crippen MR) is 75.1 cm³/mol. The number of nitrogen functional groups attached to an aromatic ring is 1. The largest absolute Gasteiger partial charge is 0.394 e. The molecular weight excluding hydrogens is 280 g/mol. The minimum Gasteiger partial charge on any atom is -0.394 e. The first-order valence-corrected chi connectivity index (χ1v) is 7.51. The van der Waals surface area contributed by atoms with Crippen molar-refractivity contribution in [2.24, 2.45) is 5.84 Å². The molecule has 1 aromatic heterocycles. The van der Waals surface area contributed by atoms with E-state index in [2.05, 4.69) is 15.3 Å². The van der Waals surface area contributed by atoms with Gasteiger partial charge in [0.1, 0.15) is 0 Å². The Morgan fingerprint density at radius 1 is 1.60 bits per heavy atom. The van der Waals surface area contributed by atoms with Gasteiger partial charge in [0, 0.05) is 25.0 Å². The summed E-state index contributed by atoms with van der Waals surface area (Å²) in [6.07, 6.45) is 2.16. The van der Waals surface area contributed by atoms with Crippen molar-refractivity contribution in [3.63, 3.8) is 0 Å². The lowest BCUT2D eigenvalue weighted by Crippen LogP contribution is -2.37. The summed E-state index contributed by atoms with van der Waals surface area (Å²) in [5.74, 6) is 4.73. The number of hydrogen-bond donors (Lipinski definition) is 3. The lowest BCUT2D eigenvalue weighted by molar-refractivity contribution is -0.00916. The summed E-state index contributed by atoms with van der Waals surface area (Å²) in [7, 11) is 0. The molecule has 8 heteroatoms. The van der Waals surface area contributed by atoms with E-state index in [1.165, 1.54) is 11.3 Å². The van der Waals surface area contributed by atoms with Gasteiger partial charge < -0.3 is 9.84 Å². The first kappa shape index (κ1) is 15.3. The number of carbonyl (C=O) groups is 1. The van der Waals surface area contributed by atoms with E-state index in [9.17, 15) is 4.79 Å². The van der Waals surface area contributed by atoms with Crippen LogP contribution < -0.4 is 11.3 Å². The van der Waals surface area contributed by atoms with Crippen LogP contribution in [0.15, 0.2) is 5.38 Å². The smallest absolute Gasteiger partial charge is 0.294 e. The Balaban J connectivity index is 1.77. The van der Waals surface area contributed by atoms with Crippen LogP contribution in [0.1, 0.15) is 28.3 Å². The Hall–Kier alpha value is -1.06. The number of aromatic nitrogens is 1. The lowest BCUT2D eigenvalue weighted by atomic mass is 10.1. The maximum absolute atomic E-state index is 11.3. The van der Waals surface area contributed by atoms with E-state index >= 15 is 0 Å². The molecule has 0 radical (unpaired) electrons. The first-order valence-electron chi connectivity index (χ1n) is 6.63. The van der Waals surface area contributed by atoms with E-state index in [1.54, 1.807) is 0 Å². The summed E-state index contributed by atoms with van der Waals surface area (Å²) >= 11 is 1.30. The molecule has 1 aliphatic heterocycles. The number of likely N-dealkylation sites (tertiary alicyclic amines) is 1. The number of amides is 1. The number of piperidine rings is 1. The Morgan fingerprint density at radius 2 is 2.35 bits per heavy atom. The summed E-state index contributed by atoms with van der Waals surface area (Å²) in [5.41, 5.74) is 2.97. The van der Waals surface area contributed by atoms with Gasteiger partial charge in [-0.25, -0.2) is 10.8 Å². The number of aliphatic hydroxyl groups is 1. The number of nitrogens with two attached hydrogens (primary N) is 1. The number of hydrazine groups is 1. The lowest BCUT2D eigenvalue weighted by Gasteiger charge is -2.31. The summed E-state index contributed by atoms with van der Waals surface area (Å²) in [6, 6.07) is 0. The fourth-order valence-corrected chi connectivity index (χ4v) is 2.94. The van der Waals surface area contributed by atoms with E-state index < -0.39 is 0 Å². The first-order chi connectivity index (χ1) is 9.72. The number of nitrogens with zero attached hydrogens (tertiary/aromatic N) is 2. The third-order valence-corrected chi connectivity index (χ3v) is 4.13. The maximum atomic E-state index is 11.3. The van der Waals surface area contributed by atoms with E-state index in [0.717, 1.165) is 38.2 Å². The van der Waals surface area contributed by atoms with Crippen LogP contribution in [-0.2, 0) is 11.3 Å². The third-order valence-electron chi connectivity index (χ3n) is 3.24. The number of hydrogen-bond acceptors (Lipinski definition) is 7. The number of ether oxygens (including phenoxy) is 1. The Bertz CT molecular complexity index is 432. The van der Waals surface area contributed by atoms with Crippen molar-refractivity contribution in [1.82, 2.24) is 15.3 Å². The molecule has 0 aliphatic carbocycles. The zero-order chi connectivity index (χ0) is 14.4. The third kappa shape index (κ3) is 4.22. The summed E-state index contributed by atoms with van der Waals surface area (Å²) in [5, 5.41) is 11.0. The Kier molecular flexibility index (Phi) is 5.86. The van der Waals surface area contributed by atoms with Crippen LogP contribution in [0.2, 0.25) is 0 Å². The highest BCUT2D eigenvalue weighted by molar-refractivity contribution is 7.11. The second-order valence-electron chi connectivity index (χ2n) is 4.69. The zero-order valence-electron chi connectivity index (χ0n) is 11.2. The molecule has 0 spiro atoms. The second kappa shape index (κ2) is 7.65. The van der Waals surface area contributed by atoms with Crippen LogP contribution in [-0.4, -0.2) is 53.3 Å². The van der Waals surface area contributed by atoms with Gasteiger partial charge in [0.15, 0.2) is 5.01 Å². The molecule has 1 aliphatic rings. The molecule has 1 fully saturated rings. The fraction of sp³-hybridized carbons (Fsp3) is 0.667. The van der Waals surface area contributed by atoms with Gasteiger partial charge in [-0.3, -0.25) is 15.1 Å². The highest BCUT2D eigenvalue weighted by Crippen LogP contribution is 2.17. The molecule has 1 aromatic rings. The fourth-order valence-electron chi connectivity index (χ4n) is 2.23. The van der Waals surface area contributed by atoms with Crippen molar-refractivity contribution in [3.8, 4) is 0 Å². The molecule has 0 saturated carbocycles.